The molecule has 19 heavy (non-hydrogen) atoms. The van der Waals surface area contributed by atoms with Crippen LogP contribution in [0.25, 0.3) is 0 Å². The fourth-order valence-electron chi connectivity index (χ4n) is 1.66. The molecule has 0 unspecified atom stereocenters. The van der Waals surface area contributed by atoms with Crippen molar-refractivity contribution < 1.29 is 8.42 Å². The van der Waals surface area contributed by atoms with Crippen molar-refractivity contribution in [2.75, 3.05) is 19.6 Å². The van der Waals surface area contributed by atoms with Crippen LogP contribution in [0, 0.1) is 18.3 Å². The first-order valence-electron chi connectivity index (χ1n) is 6.23. The molecular formula is C13H19N3O2S. The molecule has 5 nitrogen and oxygen atoms in total. The average Bonchev–Trinajstić information content (AvgIpc) is 2.38. The number of hydrogen-bond acceptors (Lipinski definition) is 4. The lowest BCUT2D eigenvalue weighted by Gasteiger charge is -2.09. The van der Waals surface area contributed by atoms with Gasteiger partial charge in [-0.15, -0.1) is 0 Å². The van der Waals surface area contributed by atoms with Gasteiger partial charge in [-0.25, -0.2) is 13.1 Å². The molecule has 0 saturated heterocycles. The van der Waals surface area contributed by atoms with Gasteiger partial charge >= 0.3 is 0 Å². The molecule has 0 heterocycles. The predicted molar refractivity (Wildman–Crippen MR) is 74.2 cm³/mol. The predicted octanol–water partition coefficient (Wildman–Crippen LogP) is 1.14. The van der Waals surface area contributed by atoms with Crippen molar-refractivity contribution in [1.82, 2.24) is 10.0 Å². The van der Waals surface area contributed by atoms with Crippen LogP contribution >= 0.6 is 0 Å². The van der Waals surface area contributed by atoms with E-state index in [4.69, 9.17) is 5.26 Å². The summed E-state index contributed by atoms with van der Waals surface area (Å²) < 4.78 is 26.7. The summed E-state index contributed by atoms with van der Waals surface area (Å²) in [4.78, 5) is 0.0468. The van der Waals surface area contributed by atoms with Gasteiger partial charge in [0.25, 0.3) is 0 Å². The summed E-state index contributed by atoms with van der Waals surface area (Å²) in [6.45, 7) is 5.50. The van der Waals surface area contributed by atoms with Crippen molar-refractivity contribution in [3.63, 3.8) is 0 Å². The molecule has 0 spiro atoms. The third-order valence-corrected chi connectivity index (χ3v) is 4.16. The van der Waals surface area contributed by atoms with Gasteiger partial charge in [-0.2, -0.15) is 5.26 Å². The Morgan fingerprint density at radius 2 is 2.00 bits per heavy atom. The van der Waals surface area contributed by atoms with Gasteiger partial charge in [0.15, 0.2) is 0 Å². The summed E-state index contributed by atoms with van der Waals surface area (Å²) in [6.07, 6.45) is 1.00. The second-order valence-corrected chi connectivity index (χ2v) is 5.94. The van der Waals surface area contributed by atoms with E-state index < -0.39 is 10.0 Å². The molecule has 0 radical (unpaired) electrons. The van der Waals surface area contributed by atoms with Crippen LogP contribution in [-0.2, 0) is 10.0 Å². The van der Waals surface area contributed by atoms with Crippen molar-refractivity contribution in [3.05, 3.63) is 29.3 Å². The molecule has 104 valence electrons. The number of sulfonamides is 1. The zero-order valence-electron chi connectivity index (χ0n) is 11.2. The standard InChI is InChI=1S/C13H19N3O2S/c1-3-7-15-8-9-16-19(17,18)13-6-4-5-11(2)12(13)10-14/h4-6,15-16H,3,7-9H2,1-2H3. The number of nitriles is 1. The molecule has 1 aromatic rings. The number of hydrogen-bond donors (Lipinski definition) is 2. The Bertz CT molecular complexity index is 562. The molecule has 0 saturated carbocycles. The minimum absolute atomic E-state index is 0.0468. The van der Waals surface area contributed by atoms with E-state index in [2.05, 4.69) is 10.0 Å². The van der Waals surface area contributed by atoms with Crippen LogP contribution in [0.2, 0.25) is 0 Å². The van der Waals surface area contributed by atoms with Crippen LogP contribution in [0.1, 0.15) is 24.5 Å². The van der Waals surface area contributed by atoms with E-state index in [1.54, 1.807) is 19.1 Å². The normalized spacial score (nSPS) is 11.2. The van der Waals surface area contributed by atoms with E-state index >= 15 is 0 Å². The van der Waals surface area contributed by atoms with Gasteiger partial charge in [-0.1, -0.05) is 19.1 Å². The van der Waals surface area contributed by atoms with E-state index in [0.29, 0.717) is 18.7 Å². The van der Waals surface area contributed by atoms with Crippen LogP contribution in [-0.4, -0.2) is 28.1 Å². The Kier molecular flexibility index (Phi) is 5.96. The highest BCUT2D eigenvalue weighted by atomic mass is 32.2. The molecule has 0 amide bonds. The zero-order chi connectivity index (χ0) is 14.3. The number of rotatable bonds is 7. The summed E-state index contributed by atoms with van der Waals surface area (Å²) in [7, 11) is -3.63. The lowest BCUT2D eigenvalue weighted by Crippen LogP contribution is -2.32. The first kappa shape index (κ1) is 15.6. The average molecular weight is 281 g/mol. The van der Waals surface area contributed by atoms with Crippen molar-refractivity contribution in [2.24, 2.45) is 0 Å². The number of aryl methyl sites for hydroxylation is 1. The summed E-state index contributed by atoms with van der Waals surface area (Å²) in [5, 5.41) is 12.2. The van der Waals surface area contributed by atoms with E-state index in [0.717, 1.165) is 13.0 Å². The van der Waals surface area contributed by atoms with Gasteiger partial charge < -0.3 is 5.32 Å². The van der Waals surface area contributed by atoms with Gasteiger partial charge in [0.05, 0.1) is 10.5 Å². The summed E-state index contributed by atoms with van der Waals surface area (Å²) in [5.41, 5.74) is 0.867. The van der Waals surface area contributed by atoms with E-state index in [9.17, 15) is 8.42 Å². The molecule has 0 aliphatic heterocycles. The Morgan fingerprint density at radius 1 is 1.26 bits per heavy atom. The third-order valence-electron chi connectivity index (χ3n) is 2.66. The molecule has 1 rings (SSSR count). The van der Waals surface area contributed by atoms with Gasteiger partial charge in [-0.3, -0.25) is 0 Å². The first-order chi connectivity index (χ1) is 9.03. The second kappa shape index (κ2) is 7.24. The zero-order valence-corrected chi connectivity index (χ0v) is 12.0. The molecule has 1 aromatic carbocycles. The molecule has 0 aliphatic carbocycles. The van der Waals surface area contributed by atoms with Gasteiger partial charge in [0.1, 0.15) is 6.07 Å². The third kappa shape index (κ3) is 4.31. The molecular weight excluding hydrogens is 262 g/mol. The van der Waals surface area contributed by atoms with Crippen LogP contribution in [0.3, 0.4) is 0 Å². The summed E-state index contributed by atoms with van der Waals surface area (Å²) >= 11 is 0. The maximum absolute atomic E-state index is 12.1. The molecule has 2 N–H and O–H groups in total. The summed E-state index contributed by atoms with van der Waals surface area (Å²) in [6, 6.07) is 6.76. The van der Waals surface area contributed by atoms with Crippen LogP contribution in [0.4, 0.5) is 0 Å². The molecule has 0 fully saturated rings. The lowest BCUT2D eigenvalue weighted by molar-refractivity contribution is 0.575. The van der Waals surface area contributed by atoms with E-state index in [-0.39, 0.29) is 10.5 Å². The first-order valence-corrected chi connectivity index (χ1v) is 7.71. The van der Waals surface area contributed by atoms with Crippen LogP contribution in [0.5, 0.6) is 0 Å². The summed E-state index contributed by atoms with van der Waals surface area (Å²) in [5.74, 6) is 0. The maximum atomic E-state index is 12.1. The van der Waals surface area contributed by atoms with Gasteiger partial charge in [-0.05, 0) is 31.5 Å². The minimum Gasteiger partial charge on any atom is -0.315 e. The monoisotopic (exact) mass is 281 g/mol. The fraction of sp³-hybridized carbons (Fsp3) is 0.462. The van der Waals surface area contributed by atoms with E-state index in [1.165, 1.54) is 6.07 Å². The molecule has 0 bridgehead atoms. The Balaban J connectivity index is 2.79. The fourth-order valence-corrected chi connectivity index (χ4v) is 2.92. The molecule has 0 aliphatic rings. The van der Waals surface area contributed by atoms with Crippen molar-refractivity contribution in [3.8, 4) is 6.07 Å². The molecule has 0 atom stereocenters. The van der Waals surface area contributed by atoms with Gasteiger partial charge in [0.2, 0.25) is 10.0 Å². The number of nitrogens with zero attached hydrogens (tertiary/aromatic N) is 1. The Labute approximate surface area is 114 Å². The quantitative estimate of drug-likeness (QED) is 0.734. The molecule has 6 heteroatoms. The largest absolute Gasteiger partial charge is 0.315 e. The van der Waals surface area contributed by atoms with Crippen LogP contribution < -0.4 is 10.0 Å². The molecule has 0 aromatic heterocycles. The second-order valence-electron chi connectivity index (χ2n) is 4.21. The SMILES string of the molecule is CCCNCCNS(=O)(=O)c1cccc(C)c1C#N. The maximum Gasteiger partial charge on any atom is 0.241 e. The number of nitrogens with one attached hydrogen (secondary N) is 2. The van der Waals surface area contributed by atoms with Crippen molar-refractivity contribution >= 4 is 10.0 Å². The highest BCUT2D eigenvalue weighted by Gasteiger charge is 2.18. The van der Waals surface area contributed by atoms with Crippen molar-refractivity contribution in [1.29, 1.82) is 5.26 Å². The van der Waals surface area contributed by atoms with Crippen molar-refractivity contribution in [2.45, 2.75) is 25.2 Å². The van der Waals surface area contributed by atoms with E-state index in [1.807, 2.05) is 13.0 Å². The number of benzene rings is 1. The highest BCUT2D eigenvalue weighted by molar-refractivity contribution is 7.89. The Morgan fingerprint density at radius 3 is 2.63 bits per heavy atom. The van der Waals surface area contributed by atoms with Gasteiger partial charge in [0, 0.05) is 13.1 Å². The lowest BCUT2D eigenvalue weighted by atomic mass is 10.1. The minimum atomic E-state index is -3.63. The van der Waals surface area contributed by atoms with Crippen LogP contribution in [0.15, 0.2) is 23.1 Å². The smallest absolute Gasteiger partial charge is 0.241 e. The topological polar surface area (TPSA) is 82.0 Å². The highest BCUT2D eigenvalue weighted by Crippen LogP contribution is 2.17. The Hall–Kier alpha value is -1.42.